The lowest BCUT2D eigenvalue weighted by atomic mass is 10.1. The Hall–Kier alpha value is -3.02. The second kappa shape index (κ2) is 11.7. The molecule has 0 aliphatic carbocycles. The van der Waals surface area contributed by atoms with Crippen LogP contribution in [0.5, 0.6) is 5.75 Å². The fourth-order valence-electron chi connectivity index (χ4n) is 2.67. The van der Waals surface area contributed by atoms with Gasteiger partial charge in [-0.2, -0.15) is 0 Å². The van der Waals surface area contributed by atoms with Gasteiger partial charge in [-0.3, -0.25) is 9.59 Å². The van der Waals surface area contributed by atoms with Crippen molar-refractivity contribution in [3.63, 3.8) is 0 Å². The lowest BCUT2D eigenvalue weighted by Gasteiger charge is -2.11. The molecule has 0 aliphatic heterocycles. The summed E-state index contributed by atoms with van der Waals surface area (Å²) in [6.45, 7) is 3.01. The maximum atomic E-state index is 12.2. The predicted octanol–water partition coefficient (Wildman–Crippen LogP) is 3.94. The molecule has 0 spiro atoms. The first kappa shape index (κ1) is 22.3. The van der Waals surface area contributed by atoms with E-state index in [0.717, 1.165) is 35.5 Å². The fraction of sp³-hybridized carbons (Fsp3) is 0.391. The molecule has 6 heteroatoms. The first-order chi connectivity index (χ1) is 14.0. The number of nitrogens with one attached hydrogen (secondary N) is 2. The normalized spacial score (nSPS) is 10.3. The van der Waals surface area contributed by atoms with Crippen molar-refractivity contribution in [2.75, 3.05) is 37.9 Å². The molecule has 0 unspecified atom stereocenters. The van der Waals surface area contributed by atoms with E-state index in [2.05, 4.69) is 17.6 Å². The van der Waals surface area contributed by atoms with E-state index < -0.39 is 0 Å². The van der Waals surface area contributed by atoms with E-state index in [1.54, 1.807) is 19.0 Å². The van der Waals surface area contributed by atoms with Crippen LogP contribution in [0.25, 0.3) is 0 Å². The first-order valence-electron chi connectivity index (χ1n) is 10.0. The van der Waals surface area contributed by atoms with Gasteiger partial charge in [0.15, 0.2) is 0 Å². The molecule has 0 aliphatic rings. The Morgan fingerprint density at radius 1 is 1.03 bits per heavy atom. The molecule has 0 saturated heterocycles. The molecule has 0 saturated carbocycles. The number of nitrogens with zero attached hydrogens (tertiary/aromatic N) is 1. The number of anilines is 2. The molecule has 0 heterocycles. The van der Waals surface area contributed by atoms with Gasteiger partial charge in [-0.05, 0) is 54.8 Å². The molecular weight excluding hydrogens is 366 g/mol. The summed E-state index contributed by atoms with van der Waals surface area (Å²) < 4.78 is 5.63. The third kappa shape index (κ3) is 8.25. The lowest BCUT2D eigenvalue weighted by molar-refractivity contribution is -0.128. The molecular formula is C23H31N3O3. The van der Waals surface area contributed by atoms with Crippen molar-refractivity contribution < 1.29 is 14.3 Å². The standard InChI is InChI=1S/C23H31N3O3/c1-4-5-15-29-21-12-10-19(11-13-21)24-17-22(27)25-20-8-6-7-18(16-20)9-14-23(28)26(2)3/h6-8,10-13,16,24H,4-5,9,14-15,17H2,1-3H3,(H,25,27). The number of amides is 2. The molecule has 2 rings (SSSR count). The van der Waals surface area contributed by atoms with Crippen molar-refractivity contribution in [3.8, 4) is 5.75 Å². The van der Waals surface area contributed by atoms with Crippen LogP contribution in [0.4, 0.5) is 11.4 Å². The van der Waals surface area contributed by atoms with Crippen molar-refractivity contribution in [1.29, 1.82) is 0 Å². The van der Waals surface area contributed by atoms with Gasteiger partial charge in [0.05, 0.1) is 13.2 Å². The van der Waals surface area contributed by atoms with Crippen LogP contribution in [-0.2, 0) is 16.0 Å². The van der Waals surface area contributed by atoms with E-state index in [1.165, 1.54) is 0 Å². The minimum Gasteiger partial charge on any atom is -0.494 e. The Morgan fingerprint density at radius 3 is 2.48 bits per heavy atom. The van der Waals surface area contributed by atoms with Gasteiger partial charge in [-0.15, -0.1) is 0 Å². The highest BCUT2D eigenvalue weighted by atomic mass is 16.5. The highest BCUT2D eigenvalue weighted by Crippen LogP contribution is 2.16. The topological polar surface area (TPSA) is 70.7 Å². The molecule has 0 bridgehead atoms. The molecule has 2 amide bonds. The van der Waals surface area contributed by atoms with Crippen LogP contribution in [0.3, 0.4) is 0 Å². The van der Waals surface area contributed by atoms with Crippen LogP contribution in [0, 0.1) is 0 Å². The van der Waals surface area contributed by atoms with Crippen molar-refractivity contribution in [1.82, 2.24) is 4.90 Å². The summed E-state index contributed by atoms with van der Waals surface area (Å²) in [7, 11) is 3.50. The second-order valence-corrected chi connectivity index (χ2v) is 7.12. The SMILES string of the molecule is CCCCOc1ccc(NCC(=O)Nc2cccc(CCC(=O)N(C)C)c2)cc1. The highest BCUT2D eigenvalue weighted by Gasteiger charge is 2.06. The van der Waals surface area contributed by atoms with Gasteiger partial charge in [0.1, 0.15) is 5.75 Å². The maximum absolute atomic E-state index is 12.2. The molecule has 0 aromatic heterocycles. The van der Waals surface area contributed by atoms with Crippen LogP contribution in [-0.4, -0.2) is 44.0 Å². The zero-order valence-corrected chi connectivity index (χ0v) is 17.5. The molecule has 2 N–H and O–H groups in total. The van der Waals surface area contributed by atoms with Gasteiger partial charge in [-0.25, -0.2) is 0 Å². The Labute approximate surface area is 173 Å². The zero-order chi connectivity index (χ0) is 21.1. The molecule has 0 fully saturated rings. The smallest absolute Gasteiger partial charge is 0.243 e. The summed E-state index contributed by atoms with van der Waals surface area (Å²) >= 11 is 0. The third-order valence-corrected chi connectivity index (χ3v) is 4.41. The molecule has 2 aromatic carbocycles. The van der Waals surface area contributed by atoms with Crippen molar-refractivity contribution >= 4 is 23.2 Å². The summed E-state index contributed by atoms with van der Waals surface area (Å²) in [5.74, 6) is 0.790. The average Bonchev–Trinajstić information content (AvgIpc) is 2.72. The van der Waals surface area contributed by atoms with Gasteiger partial charge in [0.2, 0.25) is 11.8 Å². The Balaban J connectivity index is 1.79. The summed E-state index contributed by atoms with van der Waals surface area (Å²) in [6, 6.07) is 15.2. The number of unbranched alkanes of at least 4 members (excludes halogenated alkanes) is 1. The predicted molar refractivity (Wildman–Crippen MR) is 117 cm³/mol. The Morgan fingerprint density at radius 2 is 1.79 bits per heavy atom. The fourth-order valence-corrected chi connectivity index (χ4v) is 2.67. The number of rotatable bonds is 11. The second-order valence-electron chi connectivity index (χ2n) is 7.12. The maximum Gasteiger partial charge on any atom is 0.243 e. The molecule has 0 atom stereocenters. The quantitative estimate of drug-likeness (QED) is 0.564. The van der Waals surface area contributed by atoms with Crippen molar-refractivity contribution in [2.24, 2.45) is 0 Å². The number of hydrogen-bond donors (Lipinski definition) is 2. The van der Waals surface area contributed by atoms with Gasteiger partial charge in [-0.1, -0.05) is 25.5 Å². The van der Waals surface area contributed by atoms with E-state index in [4.69, 9.17) is 4.74 Å². The van der Waals surface area contributed by atoms with Gasteiger partial charge >= 0.3 is 0 Å². The van der Waals surface area contributed by atoms with E-state index in [-0.39, 0.29) is 18.4 Å². The first-order valence-corrected chi connectivity index (χ1v) is 10.0. The van der Waals surface area contributed by atoms with Gasteiger partial charge < -0.3 is 20.3 Å². The zero-order valence-electron chi connectivity index (χ0n) is 17.5. The summed E-state index contributed by atoms with van der Waals surface area (Å²) in [4.78, 5) is 25.5. The number of ether oxygens (including phenoxy) is 1. The van der Waals surface area contributed by atoms with E-state index >= 15 is 0 Å². The van der Waals surface area contributed by atoms with Crippen LogP contribution >= 0.6 is 0 Å². The van der Waals surface area contributed by atoms with Crippen LogP contribution < -0.4 is 15.4 Å². The Bertz CT molecular complexity index is 788. The monoisotopic (exact) mass is 397 g/mol. The summed E-state index contributed by atoms with van der Waals surface area (Å²) in [6.07, 6.45) is 3.23. The van der Waals surface area contributed by atoms with E-state index in [0.29, 0.717) is 19.4 Å². The van der Waals surface area contributed by atoms with E-state index in [9.17, 15) is 9.59 Å². The highest BCUT2D eigenvalue weighted by molar-refractivity contribution is 5.93. The van der Waals surface area contributed by atoms with Crippen molar-refractivity contribution in [3.05, 3.63) is 54.1 Å². The lowest BCUT2D eigenvalue weighted by Crippen LogP contribution is -2.22. The molecule has 2 aromatic rings. The molecule has 29 heavy (non-hydrogen) atoms. The number of carbonyl (C=O) groups is 2. The number of hydrogen-bond acceptors (Lipinski definition) is 4. The number of benzene rings is 2. The number of aryl methyl sites for hydroxylation is 1. The number of carbonyl (C=O) groups excluding carboxylic acids is 2. The third-order valence-electron chi connectivity index (χ3n) is 4.41. The molecule has 6 nitrogen and oxygen atoms in total. The minimum atomic E-state index is -0.130. The summed E-state index contributed by atoms with van der Waals surface area (Å²) in [5.41, 5.74) is 2.61. The van der Waals surface area contributed by atoms with Crippen LogP contribution in [0.2, 0.25) is 0 Å². The molecule has 0 radical (unpaired) electrons. The molecule has 156 valence electrons. The largest absolute Gasteiger partial charge is 0.494 e. The van der Waals surface area contributed by atoms with Crippen LogP contribution in [0.1, 0.15) is 31.7 Å². The Kier molecular flexibility index (Phi) is 9.02. The van der Waals surface area contributed by atoms with Crippen LogP contribution in [0.15, 0.2) is 48.5 Å². The van der Waals surface area contributed by atoms with E-state index in [1.807, 2.05) is 48.5 Å². The minimum absolute atomic E-state index is 0.0884. The summed E-state index contributed by atoms with van der Waals surface area (Å²) in [5, 5.41) is 6.00. The van der Waals surface area contributed by atoms with Gasteiger partial charge in [0, 0.05) is 31.9 Å². The average molecular weight is 398 g/mol. The van der Waals surface area contributed by atoms with Crippen molar-refractivity contribution in [2.45, 2.75) is 32.6 Å². The van der Waals surface area contributed by atoms with Gasteiger partial charge in [0.25, 0.3) is 0 Å².